The SMILES string of the molecule is CCCCCCc1coc(I)n1. The van der Waals surface area contributed by atoms with Gasteiger partial charge in [0.1, 0.15) is 6.26 Å². The first kappa shape index (κ1) is 10.0. The number of aromatic nitrogens is 1. The second kappa shape index (κ2) is 5.56. The van der Waals surface area contributed by atoms with E-state index in [0.717, 1.165) is 16.0 Å². The maximum Gasteiger partial charge on any atom is 0.257 e. The van der Waals surface area contributed by atoms with Crippen LogP contribution in [-0.2, 0) is 6.42 Å². The summed E-state index contributed by atoms with van der Waals surface area (Å²) >= 11 is 2.09. The summed E-state index contributed by atoms with van der Waals surface area (Å²) in [5.74, 6) is 0. The van der Waals surface area contributed by atoms with Gasteiger partial charge in [-0.25, -0.2) is 4.98 Å². The molecule has 0 saturated carbocycles. The Kier molecular flexibility index (Phi) is 4.65. The average Bonchev–Trinajstić information content (AvgIpc) is 2.45. The fourth-order valence-corrected chi connectivity index (χ4v) is 1.57. The summed E-state index contributed by atoms with van der Waals surface area (Å²) in [4.78, 5) is 4.23. The molecule has 0 aliphatic rings. The van der Waals surface area contributed by atoms with Crippen LogP contribution >= 0.6 is 22.6 Å². The molecule has 1 rings (SSSR count). The number of nitrogens with zero attached hydrogens (tertiary/aromatic N) is 1. The molecular weight excluding hydrogens is 265 g/mol. The van der Waals surface area contributed by atoms with E-state index in [0.29, 0.717) is 0 Å². The van der Waals surface area contributed by atoms with Crippen molar-refractivity contribution in [3.63, 3.8) is 0 Å². The highest BCUT2D eigenvalue weighted by atomic mass is 127. The van der Waals surface area contributed by atoms with Crippen molar-refractivity contribution in [1.29, 1.82) is 0 Å². The Hall–Kier alpha value is -0.0600. The molecule has 68 valence electrons. The topological polar surface area (TPSA) is 26.0 Å². The van der Waals surface area contributed by atoms with E-state index in [1.54, 1.807) is 6.26 Å². The van der Waals surface area contributed by atoms with Gasteiger partial charge in [-0.15, -0.1) is 0 Å². The molecule has 0 atom stereocenters. The molecule has 0 aliphatic heterocycles. The lowest BCUT2D eigenvalue weighted by Gasteiger charge is -1.94. The molecular formula is C9H14INO. The van der Waals surface area contributed by atoms with Crippen LogP contribution in [0.25, 0.3) is 0 Å². The number of oxazole rings is 1. The van der Waals surface area contributed by atoms with E-state index >= 15 is 0 Å². The lowest BCUT2D eigenvalue weighted by atomic mass is 10.1. The Balaban J connectivity index is 2.15. The quantitative estimate of drug-likeness (QED) is 0.610. The zero-order valence-electron chi connectivity index (χ0n) is 7.35. The first-order chi connectivity index (χ1) is 5.83. The first-order valence-corrected chi connectivity index (χ1v) is 5.50. The van der Waals surface area contributed by atoms with Crippen LogP contribution in [0.3, 0.4) is 0 Å². The van der Waals surface area contributed by atoms with Crippen molar-refractivity contribution in [1.82, 2.24) is 4.98 Å². The molecule has 1 aromatic heterocycles. The lowest BCUT2D eigenvalue weighted by molar-refractivity contribution is 0.524. The van der Waals surface area contributed by atoms with Gasteiger partial charge in [-0.05, 0) is 12.8 Å². The number of aryl methyl sites for hydroxylation is 1. The Morgan fingerprint density at radius 3 is 2.83 bits per heavy atom. The molecule has 0 spiro atoms. The van der Waals surface area contributed by atoms with Crippen molar-refractivity contribution >= 4 is 22.6 Å². The van der Waals surface area contributed by atoms with Gasteiger partial charge in [0, 0.05) is 22.6 Å². The smallest absolute Gasteiger partial charge is 0.257 e. The van der Waals surface area contributed by atoms with Crippen LogP contribution < -0.4 is 0 Å². The minimum atomic E-state index is 0.748. The summed E-state index contributed by atoms with van der Waals surface area (Å²) in [5.41, 5.74) is 1.09. The van der Waals surface area contributed by atoms with Crippen LogP contribution in [0.15, 0.2) is 10.7 Å². The van der Waals surface area contributed by atoms with Crippen LogP contribution in [0.5, 0.6) is 0 Å². The van der Waals surface area contributed by atoms with Crippen molar-refractivity contribution in [2.24, 2.45) is 0 Å². The number of rotatable bonds is 5. The van der Waals surface area contributed by atoms with Gasteiger partial charge in [-0.2, -0.15) is 0 Å². The average molecular weight is 279 g/mol. The van der Waals surface area contributed by atoms with Crippen molar-refractivity contribution in [3.05, 3.63) is 15.9 Å². The number of halogens is 1. The first-order valence-electron chi connectivity index (χ1n) is 4.43. The van der Waals surface area contributed by atoms with Crippen molar-refractivity contribution in [2.45, 2.75) is 39.0 Å². The van der Waals surface area contributed by atoms with Crippen molar-refractivity contribution < 1.29 is 4.42 Å². The van der Waals surface area contributed by atoms with Gasteiger partial charge in [-0.1, -0.05) is 26.2 Å². The van der Waals surface area contributed by atoms with Crippen LogP contribution in [0.1, 0.15) is 38.3 Å². The Labute approximate surface area is 86.9 Å². The van der Waals surface area contributed by atoms with Crippen molar-refractivity contribution in [3.8, 4) is 0 Å². The molecule has 1 aromatic rings. The number of hydrogen-bond donors (Lipinski definition) is 0. The minimum Gasteiger partial charge on any atom is -0.440 e. The van der Waals surface area contributed by atoms with Gasteiger partial charge in [0.2, 0.25) is 0 Å². The molecule has 0 bridgehead atoms. The fraction of sp³-hybridized carbons (Fsp3) is 0.667. The monoisotopic (exact) mass is 279 g/mol. The zero-order chi connectivity index (χ0) is 8.81. The highest BCUT2D eigenvalue weighted by Gasteiger charge is 1.99. The van der Waals surface area contributed by atoms with Crippen LogP contribution in [0.4, 0.5) is 0 Å². The lowest BCUT2D eigenvalue weighted by Crippen LogP contribution is -1.85. The van der Waals surface area contributed by atoms with Gasteiger partial charge >= 0.3 is 0 Å². The van der Waals surface area contributed by atoms with Crippen molar-refractivity contribution in [2.75, 3.05) is 0 Å². The minimum absolute atomic E-state index is 0.748. The van der Waals surface area contributed by atoms with E-state index in [2.05, 4.69) is 34.5 Å². The Bertz CT molecular complexity index is 222. The molecule has 1 heterocycles. The predicted molar refractivity (Wildman–Crippen MR) is 57.1 cm³/mol. The maximum absolute atomic E-state index is 5.10. The van der Waals surface area contributed by atoms with Crippen LogP contribution in [-0.4, -0.2) is 4.98 Å². The van der Waals surface area contributed by atoms with E-state index in [4.69, 9.17) is 4.42 Å². The van der Waals surface area contributed by atoms with E-state index in [1.807, 2.05) is 0 Å². The molecule has 0 amide bonds. The third-order valence-electron chi connectivity index (χ3n) is 1.81. The summed E-state index contributed by atoms with van der Waals surface area (Å²) < 4.78 is 5.85. The van der Waals surface area contributed by atoms with E-state index in [-0.39, 0.29) is 0 Å². The maximum atomic E-state index is 5.10. The fourth-order valence-electron chi connectivity index (χ4n) is 1.13. The number of unbranched alkanes of at least 4 members (excludes halogenated alkanes) is 3. The normalized spacial score (nSPS) is 10.5. The summed E-state index contributed by atoms with van der Waals surface area (Å²) in [6.45, 7) is 2.22. The molecule has 12 heavy (non-hydrogen) atoms. The predicted octanol–water partition coefficient (Wildman–Crippen LogP) is 3.40. The zero-order valence-corrected chi connectivity index (χ0v) is 9.50. The molecule has 0 fully saturated rings. The molecule has 2 nitrogen and oxygen atoms in total. The summed E-state index contributed by atoms with van der Waals surface area (Å²) in [6.07, 6.45) is 7.97. The number of hydrogen-bond acceptors (Lipinski definition) is 2. The Morgan fingerprint density at radius 2 is 2.25 bits per heavy atom. The Morgan fingerprint density at radius 1 is 1.42 bits per heavy atom. The summed E-state index contributed by atoms with van der Waals surface area (Å²) in [5, 5.41) is 0. The second-order valence-corrected chi connectivity index (χ2v) is 3.83. The molecule has 0 radical (unpaired) electrons. The van der Waals surface area contributed by atoms with E-state index in [1.165, 1.54) is 25.7 Å². The van der Waals surface area contributed by atoms with Gasteiger partial charge in [0.15, 0.2) is 0 Å². The van der Waals surface area contributed by atoms with Gasteiger partial charge < -0.3 is 4.42 Å². The van der Waals surface area contributed by atoms with E-state index in [9.17, 15) is 0 Å². The molecule has 0 unspecified atom stereocenters. The summed E-state index contributed by atoms with van der Waals surface area (Å²) in [7, 11) is 0. The highest BCUT2D eigenvalue weighted by molar-refractivity contribution is 14.1. The molecule has 0 saturated heterocycles. The van der Waals surface area contributed by atoms with Gasteiger partial charge in [0.05, 0.1) is 5.69 Å². The molecule has 0 aliphatic carbocycles. The third kappa shape index (κ3) is 3.56. The largest absolute Gasteiger partial charge is 0.440 e. The highest BCUT2D eigenvalue weighted by Crippen LogP contribution is 2.09. The molecule has 3 heteroatoms. The standard InChI is InChI=1S/C9H14INO/c1-2-3-4-5-6-8-7-12-9(10)11-8/h7H,2-6H2,1H3. The van der Waals surface area contributed by atoms with Crippen LogP contribution in [0.2, 0.25) is 0 Å². The second-order valence-electron chi connectivity index (χ2n) is 2.90. The summed E-state index contributed by atoms with van der Waals surface area (Å²) in [6, 6.07) is 0. The van der Waals surface area contributed by atoms with Gasteiger partial charge in [0.25, 0.3) is 3.90 Å². The van der Waals surface area contributed by atoms with Crippen LogP contribution in [0, 0.1) is 3.90 Å². The van der Waals surface area contributed by atoms with E-state index < -0.39 is 0 Å². The van der Waals surface area contributed by atoms with Gasteiger partial charge in [-0.3, -0.25) is 0 Å². The molecule has 0 N–H and O–H groups in total. The molecule has 0 aromatic carbocycles. The third-order valence-corrected chi connectivity index (χ3v) is 2.31.